The Hall–Kier alpha value is -0.790. The zero-order chi connectivity index (χ0) is 6.41. The topological polar surface area (TPSA) is 15.6 Å². The summed E-state index contributed by atoms with van der Waals surface area (Å²) in [4.78, 5) is 0. The molecule has 2 nitrogen and oxygen atoms in total. The zero-order valence-corrected chi connectivity index (χ0v) is 5.63. The van der Waals surface area contributed by atoms with Gasteiger partial charge in [0, 0.05) is 20.3 Å². The standard InChI is InChI=1S/C6H12N2/c1-4-5-6-7-8(2)3/h4-6H,1-3H3/b5-4+,7-6?. The van der Waals surface area contributed by atoms with Crippen LogP contribution in [0.4, 0.5) is 0 Å². The van der Waals surface area contributed by atoms with Crippen LogP contribution in [-0.2, 0) is 0 Å². The van der Waals surface area contributed by atoms with Crippen LogP contribution in [0.3, 0.4) is 0 Å². The summed E-state index contributed by atoms with van der Waals surface area (Å²) in [5, 5.41) is 5.69. The van der Waals surface area contributed by atoms with Crippen molar-refractivity contribution in [3.63, 3.8) is 0 Å². The highest BCUT2D eigenvalue weighted by molar-refractivity contribution is 5.70. The molecule has 0 aromatic carbocycles. The third kappa shape index (κ3) is 5.21. The van der Waals surface area contributed by atoms with E-state index in [0.717, 1.165) is 0 Å². The number of rotatable bonds is 2. The van der Waals surface area contributed by atoms with Crippen molar-refractivity contribution in [3.8, 4) is 0 Å². The molecular weight excluding hydrogens is 100 g/mol. The van der Waals surface area contributed by atoms with Gasteiger partial charge in [0.1, 0.15) is 0 Å². The van der Waals surface area contributed by atoms with Crippen LogP contribution < -0.4 is 0 Å². The van der Waals surface area contributed by atoms with Crippen molar-refractivity contribution in [1.29, 1.82) is 0 Å². The first-order chi connectivity index (χ1) is 3.77. The van der Waals surface area contributed by atoms with Crippen molar-refractivity contribution >= 4 is 6.21 Å². The van der Waals surface area contributed by atoms with E-state index >= 15 is 0 Å². The van der Waals surface area contributed by atoms with Crippen molar-refractivity contribution < 1.29 is 0 Å². The number of nitrogens with zero attached hydrogens (tertiary/aromatic N) is 2. The first-order valence-electron chi connectivity index (χ1n) is 2.60. The summed E-state index contributed by atoms with van der Waals surface area (Å²) in [6.07, 6.45) is 5.58. The first-order valence-corrected chi connectivity index (χ1v) is 2.60. The van der Waals surface area contributed by atoms with Crippen LogP contribution in [0.2, 0.25) is 0 Å². The maximum absolute atomic E-state index is 3.94. The van der Waals surface area contributed by atoms with Crippen LogP contribution in [0.15, 0.2) is 17.3 Å². The summed E-state index contributed by atoms with van der Waals surface area (Å²) in [5.41, 5.74) is 0. The fourth-order valence-corrected chi connectivity index (χ4v) is 0.258. The van der Waals surface area contributed by atoms with Gasteiger partial charge in [-0.1, -0.05) is 6.08 Å². The van der Waals surface area contributed by atoms with Crippen LogP contribution in [-0.4, -0.2) is 25.3 Å². The van der Waals surface area contributed by atoms with Gasteiger partial charge >= 0.3 is 0 Å². The molecule has 46 valence electrons. The molecule has 0 saturated carbocycles. The molecule has 0 bridgehead atoms. The minimum Gasteiger partial charge on any atom is -0.303 e. The number of hydrogen-bond donors (Lipinski definition) is 0. The van der Waals surface area contributed by atoms with Gasteiger partial charge in [-0.15, -0.1) is 0 Å². The lowest BCUT2D eigenvalue weighted by Gasteiger charge is -1.99. The van der Waals surface area contributed by atoms with E-state index in [1.165, 1.54) is 0 Å². The number of hydrogen-bond acceptors (Lipinski definition) is 2. The van der Waals surface area contributed by atoms with Gasteiger partial charge in [0.25, 0.3) is 0 Å². The zero-order valence-electron chi connectivity index (χ0n) is 5.63. The molecule has 2 heteroatoms. The third-order valence-electron chi connectivity index (χ3n) is 0.576. The molecule has 0 amide bonds. The average Bonchev–Trinajstić information content (AvgIpc) is 1.66. The maximum atomic E-state index is 3.94. The Bertz CT molecular complexity index is 92.7. The van der Waals surface area contributed by atoms with Gasteiger partial charge in [0.05, 0.1) is 0 Å². The molecule has 0 atom stereocenters. The fraction of sp³-hybridized carbons (Fsp3) is 0.500. The smallest absolute Gasteiger partial charge is 0.0466 e. The molecule has 0 unspecified atom stereocenters. The Morgan fingerprint density at radius 1 is 1.38 bits per heavy atom. The highest BCUT2D eigenvalue weighted by atomic mass is 15.4. The molecule has 0 N–H and O–H groups in total. The predicted molar refractivity (Wildman–Crippen MR) is 37.0 cm³/mol. The molecule has 0 aromatic rings. The Morgan fingerprint density at radius 3 is 2.38 bits per heavy atom. The SMILES string of the molecule is C/C=C/C=NN(C)C. The van der Waals surface area contributed by atoms with Crippen molar-refractivity contribution in [2.75, 3.05) is 14.1 Å². The van der Waals surface area contributed by atoms with Gasteiger partial charge in [0.2, 0.25) is 0 Å². The van der Waals surface area contributed by atoms with Gasteiger partial charge in [-0.3, -0.25) is 0 Å². The minimum absolute atomic E-state index is 1.75. The van der Waals surface area contributed by atoms with E-state index < -0.39 is 0 Å². The van der Waals surface area contributed by atoms with Gasteiger partial charge in [-0.2, -0.15) is 5.10 Å². The van der Waals surface area contributed by atoms with Crippen molar-refractivity contribution in [1.82, 2.24) is 5.01 Å². The minimum atomic E-state index is 1.75. The lowest BCUT2D eigenvalue weighted by molar-refractivity contribution is 0.440. The summed E-state index contributed by atoms with van der Waals surface area (Å²) in [6, 6.07) is 0. The molecule has 0 aromatic heterocycles. The molecule has 0 aliphatic carbocycles. The van der Waals surface area contributed by atoms with E-state index in [1.54, 1.807) is 11.2 Å². The largest absolute Gasteiger partial charge is 0.303 e. The highest BCUT2D eigenvalue weighted by Gasteiger charge is 1.68. The molecule has 0 heterocycles. The predicted octanol–water partition coefficient (Wildman–Crippen LogP) is 1.11. The van der Waals surface area contributed by atoms with Crippen molar-refractivity contribution in [2.45, 2.75) is 6.92 Å². The molecule has 0 aliphatic rings. The molecule has 8 heavy (non-hydrogen) atoms. The Morgan fingerprint density at radius 2 is 2.00 bits per heavy atom. The van der Waals surface area contributed by atoms with E-state index in [-0.39, 0.29) is 0 Å². The Kier molecular flexibility index (Phi) is 3.94. The fourth-order valence-electron chi connectivity index (χ4n) is 0.258. The Labute approximate surface area is 50.5 Å². The van der Waals surface area contributed by atoms with Crippen LogP contribution >= 0.6 is 0 Å². The summed E-state index contributed by atoms with van der Waals surface area (Å²) in [6.45, 7) is 1.96. The quantitative estimate of drug-likeness (QED) is 0.386. The van der Waals surface area contributed by atoms with E-state index in [4.69, 9.17) is 0 Å². The number of hydrazone groups is 1. The van der Waals surface area contributed by atoms with Gasteiger partial charge in [0.15, 0.2) is 0 Å². The lowest BCUT2D eigenvalue weighted by atomic mass is 10.6. The van der Waals surface area contributed by atoms with Crippen LogP contribution in [0.25, 0.3) is 0 Å². The molecule has 0 spiro atoms. The number of allylic oxidation sites excluding steroid dienone is 2. The summed E-state index contributed by atoms with van der Waals surface area (Å²) in [5.74, 6) is 0. The molecule has 0 saturated heterocycles. The Balaban J connectivity index is 3.34. The highest BCUT2D eigenvalue weighted by Crippen LogP contribution is 1.71. The average molecular weight is 112 g/mol. The van der Waals surface area contributed by atoms with E-state index in [0.29, 0.717) is 0 Å². The third-order valence-corrected chi connectivity index (χ3v) is 0.576. The normalized spacial score (nSPS) is 11.4. The lowest BCUT2D eigenvalue weighted by Crippen LogP contribution is -2.00. The van der Waals surface area contributed by atoms with Crippen LogP contribution in [0, 0.1) is 0 Å². The van der Waals surface area contributed by atoms with Gasteiger partial charge in [-0.25, -0.2) is 0 Å². The van der Waals surface area contributed by atoms with Crippen molar-refractivity contribution in [3.05, 3.63) is 12.2 Å². The second-order valence-electron chi connectivity index (χ2n) is 1.64. The second kappa shape index (κ2) is 4.37. The maximum Gasteiger partial charge on any atom is 0.0466 e. The molecule has 0 fully saturated rings. The molecule has 0 rings (SSSR count). The molecule has 0 radical (unpaired) electrons. The van der Waals surface area contributed by atoms with Gasteiger partial charge in [-0.05, 0) is 13.0 Å². The monoisotopic (exact) mass is 112 g/mol. The van der Waals surface area contributed by atoms with Crippen molar-refractivity contribution in [2.24, 2.45) is 5.10 Å². The first kappa shape index (κ1) is 7.21. The summed E-state index contributed by atoms with van der Waals surface area (Å²) in [7, 11) is 3.78. The van der Waals surface area contributed by atoms with Gasteiger partial charge < -0.3 is 5.01 Å². The molecule has 0 aliphatic heterocycles. The van der Waals surface area contributed by atoms with E-state index in [9.17, 15) is 0 Å². The summed E-state index contributed by atoms with van der Waals surface area (Å²) >= 11 is 0. The van der Waals surface area contributed by atoms with Crippen LogP contribution in [0.1, 0.15) is 6.92 Å². The van der Waals surface area contributed by atoms with E-state index in [2.05, 4.69) is 5.10 Å². The second-order valence-corrected chi connectivity index (χ2v) is 1.64. The summed E-state index contributed by atoms with van der Waals surface area (Å²) < 4.78 is 0. The van der Waals surface area contributed by atoms with E-state index in [1.807, 2.05) is 33.2 Å². The molecular formula is C6H12N2. The van der Waals surface area contributed by atoms with Crippen LogP contribution in [0.5, 0.6) is 0 Å².